The lowest BCUT2D eigenvalue weighted by Gasteiger charge is -2.20. The molecule has 1 aromatic heterocycles. The van der Waals surface area contributed by atoms with Crippen LogP contribution in [0.1, 0.15) is 28.2 Å². The Balaban J connectivity index is 1.82. The Labute approximate surface area is 147 Å². The summed E-state index contributed by atoms with van der Waals surface area (Å²) < 4.78 is 2.13. The van der Waals surface area contributed by atoms with Gasteiger partial charge < -0.3 is 4.57 Å². The summed E-state index contributed by atoms with van der Waals surface area (Å²) in [5.41, 5.74) is 9.29. The third kappa shape index (κ3) is 2.07. The molecular formula is C23H18N2. The maximum atomic E-state index is 4.26. The highest BCUT2D eigenvalue weighted by Gasteiger charge is 2.31. The Bertz CT molecular complexity index is 1020. The predicted octanol–water partition coefficient (Wildman–Crippen LogP) is 5.34. The number of para-hydroxylation sites is 1. The van der Waals surface area contributed by atoms with E-state index in [1.807, 2.05) is 18.7 Å². The molecule has 0 unspecified atom stereocenters. The van der Waals surface area contributed by atoms with Crippen LogP contribution in [0.25, 0.3) is 16.8 Å². The first-order valence-corrected chi connectivity index (χ1v) is 8.60. The van der Waals surface area contributed by atoms with Gasteiger partial charge in [-0.15, -0.1) is 0 Å². The van der Waals surface area contributed by atoms with E-state index in [1.54, 1.807) is 0 Å². The second-order valence-electron chi connectivity index (χ2n) is 6.59. The summed E-state index contributed by atoms with van der Waals surface area (Å²) in [4.78, 5) is 4.26. The third-order valence-electron chi connectivity index (χ3n) is 5.18. The van der Waals surface area contributed by atoms with E-state index < -0.39 is 0 Å². The fraction of sp³-hybridized carbons (Fsp3) is 0.0870. The lowest BCUT2D eigenvalue weighted by atomic mass is 9.87. The van der Waals surface area contributed by atoms with Crippen LogP contribution in [0.3, 0.4) is 0 Å². The maximum Gasteiger partial charge on any atom is 0.0991 e. The summed E-state index contributed by atoms with van der Waals surface area (Å²) >= 11 is 0. The van der Waals surface area contributed by atoms with Gasteiger partial charge in [0, 0.05) is 18.3 Å². The van der Waals surface area contributed by atoms with Crippen molar-refractivity contribution in [2.45, 2.75) is 12.8 Å². The molecule has 1 aliphatic carbocycles. The van der Waals surface area contributed by atoms with Gasteiger partial charge in [0.25, 0.3) is 0 Å². The average Bonchev–Trinajstić information content (AvgIpc) is 3.27. The smallest absolute Gasteiger partial charge is 0.0991 e. The minimum atomic E-state index is 0.254. The molecule has 4 aromatic rings. The number of imidazole rings is 1. The van der Waals surface area contributed by atoms with Gasteiger partial charge in [-0.2, -0.15) is 0 Å². The monoisotopic (exact) mass is 322 g/mol. The van der Waals surface area contributed by atoms with Gasteiger partial charge in [0.05, 0.1) is 12.0 Å². The first kappa shape index (κ1) is 14.2. The molecule has 0 N–H and O–H groups in total. The fourth-order valence-corrected chi connectivity index (χ4v) is 4.15. The molecule has 0 saturated carbocycles. The number of benzene rings is 3. The fourth-order valence-electron chi connectivity index (χ4n) is 4.15. The molecule has 0 spiro atoms. The molecule has 120 valence electrons. The molecule has 1 heterocycles. The number of rotatable bonds is 2. The van der Waals surface area contributed by atoms with Gasteiger partial charge in [-0.05, 0) is 40.3 Å². The molecule has 3 aromatic carbocycles. The van der Waals surface area contributed by atoms with Crippen LogP contribution in [0.4, 0.5) is 0 Å². The minimum Gasteiger partial charge on any atom is -0.306 e. The van der Waals surface area contributed by atoms with E-state index in [2.05, 4.69) is 83.2 Å². The topological polar surface area (TPSA) is 17.8 Å². The van der Waals surface area contributed by atoms with E-state index in [9.17, 15) is 0 Å². The summed E-state index contributed by atoms with van der Waals surface area (Å²) in [6, 6.07) is 24.1. The van der Waals surface area contributed by atoms with Crippen molar-refractivity contribution in [2.75, 3.05) is 0 Å². The van der Waals surface area contributed by atoms with E-state index in [4.69, 9.17) is 0 Å². The summed E-state index contributed by atoms with van der Waals surface area (Å²) in [5, 5.41) is 0. The zero-order valence-electron chi connectivity index (χ0n) is 14.1. The molecule has 0 radical (unpaired) electrons. The zero-order chi connectivity index (χ0) is 16.8. The van der Waals surface area contributed by atoms with Crippen molar-refractivity contribution < 1.29 is 0 Å². The van der Waals surface area contributed by atoms with Crippen molar-refractivity contribution in [1.29, 1.82) is 0 Å². The molecule has 1 aliphatic rings. The van der Waals surface area contributed by atoms with Crippen LogP contribution in [0.15, 0.2) is 85.5 Å². The number of fused-ring (bicyclic) bond motifs is 3. The van der Waals surface area contributed by atoms with Gasteiger partial charge in [0.15, 0.2) is 0 Å². The first-order valence-electron chi connectivity index (χ1n) is 8.60. The highest BCUT2D eigenvalue weighted by Crippen LogP contribution is 2.49. The quantitative estimate of drug-likeness (QED) is 0.429. The minimum absolute atomic E-state index is 0.254. The third-order valence-corrected chi connectivity index (χ3v) is 5.18. The molecule has 0 amide bonds. The maximum absolute atomic E-state index is 4.26. The Morgan fingerprint density at radius 3 is 2.04 bits per heavy atom. The van der Waals surface area contributed by atoms with Crippen LogP contribution in [-0.2, 0) is 0 Å². The first-order chi connectivity index (χ1) is 12.3. The van der Waals surface area contributed by atoms with Gasteiger partial charge in [-0.25, -0.2) is 4.98 Å². The lowest BCUT2D eigenvalue weighted by Crippen LogP contribution is -2.06. The molecule has 0 bridgehead atoms. The molecule has 0 aliphatic heterocycles. The molecule has 0 saturated heterocycles. The molecule has 2 nitrogen and oxygen atoms in total. The number of hydrogen-bond acceptors (Lipinski definition) is 1. The lowest BCUT2D eigenvalue weighted by molar-refractivity contribution is 0.944. The predicted molar refractivity (Wildman–Crippen MR) is 101 cm³/mol. The Morgan fingerprint density at radius 1 is 0.760 bits per heavy atom. The number of aromatic nitrogens is 2. The average molecular weight is 322 g/mol. The Hall–Kier alpha value is -3.13. The van der Waals surface area contributed by atoms with Crippen LogP contribution < -0.4 is 0 Å². The normalized spacial score (nSPS) is 12.8. The van der Waals surface area contributed by atoms with Crippen molar-refractivity contribution in [1.82, 2.24) is 9.55 Å². The summed E-state index contributed by atoms with van der Waals surface area (Å²) in [7, 11) is 0. The highest BCUT2D eigenvalue weighted by atomic mass is 15.0. The zero-order valence-corrected chi connectivity index (χ0v) is 14.1. The van der Waals surface area contributed by atoms with Crippen molar-refractivity contribution in [3.05, 3.63) is 108 Å². The van der Waals surface area contributed by atoms with Gasteiger partial charge in [0.1, 0.15) is 0 Å². The van der Waals surface area contributed by atoms with Crippen molar-refractivity contribution in [2.24, 2.45) is 0 Å². The SMILES string of the molecule is Cc1cccc(C2c3ccccc3-c3ccccc32)c1-n1ccnc1. The standard InChI is InChI=1S/C23H18N2/c1-16-7-6-12-21(23(16)25-14-13-24-15-25)22-19-10-4-2-8-17(19)18-9-3-5-11-20(18)22/h2-15,22H,1H3. The van der Waals surface area contributed by atoms with E-state index >= 15 is 0 Å². The van der Waals surface area contributed by atoms with E-state index in [1.165, 1.54) is 39.1 Å². The van der Waals surface area contributed by atoms with Crippen LogP contribution in [0.2, 0.25) is 0 Å². The summed E-state index contributed by atoms with van der Waals surface area (Å²) in [6.45, 7) is 2.17. The van der Waals surface area contributed by atoms with Gasteiger partial charge in [-0.1, -0.05) is 66.7 Å². The summed E-state index contributed by atoms with van der Waals surface area (Å²) in [6.07, 6.45) is 5.75. The Kier molecular flexibility index (Phi) is 3.10. The Morgan fingerprint density at radius 2 is 1.40 bits per heavy atom. The highest BCUT2D eigenvalue weighted by molar-refractivity contribution is 5.81. The summed E-state index contributed by atoms with van der Waals surface area (Å²) in [5.74, 6) is 0.254. The largest absolute Gasteiger partial charge is 0.306 e. The van der Waals surface area contributed by atoms with Crippen molar-refractivity contribution >= 4 is 0 Å². The van der Waals surface area contributed by atoms with Gasteiger partial charge in [-0.3, -0.25) is 0 Å². The number of hydrogen-bond donors (Lipinski definition) is 0. The van der Waals surface area contributed by atoms with Crippen LogP contribution in [-0.4, -0.2) is 9.55 Å². The van der Waals surface area contributed by atoms with Crippen LogP contribution in [0, 0.1) is 6.92 Å². The molecule has 0 atom stereocenters. The van der Waals surface area contributed by atoms with Crippen molar-refractivity contribution in [3.63, 3.8) is 0 Å². The molecule has 2 heteroatoms. The van der Waals surface area contributed by atoms with Gasteiger partial charge in [0.2, 0.25) is 0 Å². The van der Waals surface area contributed by atoms with E-state index in [-0.39, 0.29) is 5.92 Å². The number of aryl methyl sites for hydroxylation is 1. The molecular weight excluding hydrogens is 304 g/mol. The van der Waals surface area contributed by atoms with Crippen LogP contribution >= 0.6 is 0 Å². The molecule has 25 heavy (non-hydrogen) atoms. The van der Waals surface area contributed by atoms with E-state index in [0.717, 1.165) is 0 Å². The number of nitrogens with zero attached hydrogens (tertiary/aromatic N) is 2. The second kappa shape index (κ2) is 5.45. The van der Waals surface area contributed by atoms with Crippen molar-refractivity contribution in [3.8, 4) is 16.8 Å². The van der Waals surface area contributed by atoms with Gasteiger partial charge >= 0.3 is 0 Å². The van der Waals surface area contributed by atoms with Crippen LogP contribution in [0.5, 0.6) is 0 Å². The second-order valence-corrected chi connectivity index (χ2v) is 6.59. The molecule has 5 rings (SSSR count). The molecule has 0 fully saturated rings. The van der Waals surface area contributed by atoms with E-state index in [0.29, 0.717) is 0 Å².